The van der Waals surface area contributed by atoms with E-state index in [1.165, 1.54) is 6.33 Å². The number of benzene rings is 1. The molecule has 7 nitrogen and oxygen atoms in total. The summed E-state index contributed by atoms with van der Waals surface area (Å²) < 4.78 is 0. The lowest BCUT2D eigenvalue weighted by molar-refractivity contribution is 0.0954. The van der Waals surface area contributed by atoms with E-state index in [1.54, 1.807) is 18.2 Å². The second kappa shape index (κ2) is 6.50. The van der Waals surface area contributed by atoms with Gasteiger partial charge in [0.15, 0.2) is 0 Å². The molecular formula is C12H16N6O. The molecule has 1 heterocycles. The highest BCUT2D eigenvalue weighted by molar-refractivity contribution is 5.99. The number of aryl methyl sites for hydroxylation is 1. The highest BCUT2D eigenvalue weighted by Gasteiger charge is 2.09. The van der Waals surface area contributed by atoms with Crippen molar-refractivity contribution in [2.75, 3.05) is 12.0 Å². The lowest BCUT2D eigenvalue weighted by Gasteiger charge is -2.08. The average Bonchev–Trinajstić information content (AvgIpc) is 2.96. The van der Waals surface area contributed by atoms with E-state index in [-0.39, 0.29) is 5.91 Å². The molecule has 5 N–H and O–H groups in total. The number of nitrogens with two attached hydrogens (primary N) is 1. The Morgan fingerprint density at radius 1 is 1.37 bits per heavy atom. The number of carbonyl (C=O) groups excluding carboxylic acids is 1. The Kier molecular flexibility index (Phi) is 4.46. The van der Waals surface area contributed by atoms with Gasteiger partial charge in [0.05, 0.1) is 11.3 Å². The van der Waals surface area contributed by atoms with Crippen LogP contribution in [0.25, 0.3) is 0 Å². The van der Waals surface area contributed by atoms with Gasteiger partial charge in [-0.3, -0.25) is 15.7 Å². The van der Waals surface area contributed by atoms with Crippen LogP contribution in [0.4, 0.5) is 5.69 Å². The van der Waals surface area contributed by atoms with Gasteiger partial charge in [0, 0.05) is 13.0 Å². The molecule has 0 saturated carbocycles. The predicted molar refractivity (Wildman–Crippen MR) is 71.3 cm³/mol. The lowest BCUT2D eigenvalue weighted by Crippen LogP contribution is -2.26. The smallest absolute Gasteiger partial charge is 0.253 e. The highest BCUT2D eigenvalue weighted by atomic mass is 16.1. The zero-order valence-corrected chi connectivity index (χ0v) is 10.4. The molecule has 19 heavy (non-hydrogen) atoms. The summed E-state index contributed by atoms with van der Waals surface area (Å²) in [5, 5.41) is 9.38. The van der Waals surface area contributed by atoms with Gasteiger partial charge >= 0.3 is 0 Å². The summed E-state index contributed by atoms with van der Waals surface area (Å²) in [7, 11) is 0. The number of amides is 1. The SMILES string of the molecule is NNc1ccccc1C(=O)NCCCc1ncn[nH]1. The summed E-state index contributed by atoms with van der Waals surface area (Å²) in [6.07, 6.45) is 3.01. The summed E-state index contributed by atoms with van der Waals surface area (Å²) in [6.45, 7) is 0.568. The van der Waals surface area contributed by atoms with Crippen molar-refractivity contribution < 1.29 is 4.79 Å². The van der Waals surface area contributed by atoms with Crippen molar-refractivity contribution in [2.45, 2.75) is 12.8 Å². The van der Waals surface area contributed by atoms with Crippen LogP contribution in [0.3, 0.4) is 0 Å². The van der Waals surface area contributed by atoms with Crippen molar-refractivity contribution in [1.29, 1.82) is 0 Å². The topological polar surface area (TPSA) is 109 Å². The molecule has 0 unspecified atom stereocenters. The van der Waals surface area contributed by atoms with Crippen molar-refractivity contribution in [3.63, 3.8) is 0 Å². The van der Waals surface area contributed by atoms with Crippen LogP contribution < -0.4 is 16.6 Å². The molecule has 0 saturated heterocycles. The molecule has 2 rings (SSSR count). The third-order valence-corrected chi connectivity index (χ3v) is 2.67. The lowest BCUT2D eigenvalue weighted by atomic mass is 10.1. The van der Waals surface area contributed by atoms with Crippen LogP contribution in [0.1, 0.15) is 22.6 Å². The molecule has 100 valence electrons. The number of H-pyrrole nitrogens is 1. The van der Waals surface area contributed by atoms with Crippen molar-refractivity contribution in [3.8, 4) is 0 Å². The summed E-state index contributed by atoms with van der Waals surface area (Å²) in [5.41, 5.74) is 3.64. The Labute approximate surface area is 110 Å². The molecule has 1 aromatic heterocycles. The van der Waals surface area contributed by atoms with E-state index in [1.807, 2.05) is 6.07 Å². The van der Waals surface area contributed by atoms with Gasteiger partial charge in [-0.2, -0.15) is 5.10 Å². The summed E-state index contributed by atoms with van der Waals surface area (Å²) in [4.78, 5) is 16.0. The average molecular weight is 260 g/mol. The van der Waals surface area contributed by atoms with Gasteiger partial charge in [-0.15, -0.1) is 0 Å². The van der Waals surface area contributed by atoms with Gasteiger partial charge in [-0.1, -0.05) is 12.1 Å². The summed E-state index contributed by atoms with van der Waals surface area (Å²) in [5.74, 6) is 6.03. The normalized spacial score (nSPS) is 10.2. The van der Waals surface area contributed by atoms with Gasteiger partial charge in [-0.05, 0) is 18.6 Å². The van der Waals surface area contributed by atoms with Gasteiger partial charge in [0.2, 0.25) is 0 Å². The largest absolute Gasteiger partial charge is 0.352 e. The van der Waals surface area contributed by atoms with E-state index in [0.29, 0.717) is 17.8 Å². The number of aromatic nitrogens is 3. The zero-order valence-electron chi connectivity index (χ0n) is 10.4. The molecule has 0 atom stereocenters. The van der Waals surface area contributed by atoms with Crippen molar-refractivity contribution in [3.05, 3.63) is 42.0 Å². The minimum absolute atomic E-state index is 0.147. The van der Waals surface area contributed by atoms with Crippen LogP contribution in [0.2, 0.25) is 0 Å². The second-order valence-electron chi connectivity index (χ2n) is 3.98. The Bertz CT molecular complexity index is 525. The molecule has 0 bridgehead atoms. The number of rotatable bonds is 6. The summed E-state index contributed by atoms with van der Waals surface area (Å²) in [6, 6.07) is 7.09. The van der Waals surface area contributed by atoms with Gasteiger partial charge < -0.3 is 10.7 Å². The number of aromatic amines is 1. The van der Waals surface area contributed by atoms with Gasteiger partial charge in [0.25, 0.3) is 5.91 Å². The maximum absolute atomic E-state index is 11.9. The first-order chi connectivity index (χ1) is 9.31. The standard InChI is InChI=1S/C12H16N6O/c13-17-10-5-2-1-4-9(10)12(19)14-7-3-6-11-15-8-16-18-11/h1-2,4-5,8,17H,3,6-7,13H2,(H,14,19)(H,15,16,18). The molecule has 0 radical (unpaired) electrons. The van der Waals surface area contributed by atoms with Crippen LogP contribution in [0, 0.1) is 0 Å². The third kappa shape index (κ3) is 3.52. The fourth-order valence-electron chi connectivity index (χ4n) is 1.71. The molecule has 0 aliphatic carbocycles. The van der Waals surface area contributed by atoms with Crippen LogP contribution in [0.5, 0.6) is 0 Å². The van der Waals surface area contributed by atoms with Gasteiger partial charge in [-0.25, -0.2) is 4.98 Å². The number of hydrogen-bond acceptors (Lipinski definition) is 5. The van der Waals surface area contributed by atoms with Crippen LogP contribution in [-0.2, 0) is 6.42 Å². The molecular weight excluding hydrogens is 244 g/mol. The predicted octanol–water partition coefficient (Wildman–Crippen LogP) is 0.453. The van der Waals surface area contributed by atoms with Crippen LogP contribution >= 0.6 is 0 Å². The Morgan fingerprint density at radius 3 is 2.95 bits per heavy atom. The maximum atomic E-state index is 11.9. The van der Waals surface area contributed by atoms with Crippen molar-refractivity contribution >= 4 is 11.6 Å². The Hall–Kier alpha value is -2.41. The quantitative estimate of drug-likeness (QED) is 0.342. The fourth-order valence-corrected chi connectivity index (χ4v) is 1.71. The van der Waals surface area contributed by atoms with Gasteiger partial charge in [0.1, 0.15) is 12.2 Å². The maximum Gasteiger partial charge on any atom is 0.253 e. The first kappa shape index (κ1) is 13.0. The minimum atomic E-state index is -0.147. The molecule has 7 heteroatoms. The van der Waals surface area contributed by atoms with E-state index in [9.17, 15) is 4.79 Å². The Morgan fingerprint density at radius 2 is 2.21 bits per heavy atom. The number of para-hydroxylation sites is 1. The number of hydrazine groups is 1. The molecule has 0 spiro atoms. The molecule has 1 amide bonds. The molecule has 1 aromatic carbocycles. The van der Waals surface area contributed by atoms with E-state index in [0.717, 1.165) is 18.7 Å². The molecule has 2 aromatic rings. The first-order valence-electron chi connectivity index (χ1n) is 5.99. The minimum Gasteiger partial charge on any atom is -0.352 e. The van der Waals surface area contributed by atoms with Crippen molar-refractivity contribution in [1.82, 2.24) is 20.5 Å². The molecule has 0 aliphatic rings. The second-order valence-corrected chi connectivity index (χ2v) is 3.98. The number of nitrogens with zero attached hydrogens (tertiary/aromatic N) is 2. The highest BCUT2D eigenvalue weighted by Crippen LogP contribution is 2.12. The van der Waals surface area contributed by atoms with E-state index in [4.69, 9.17) is 5.84 Å². The number of nitrogen functional groups attached to an aromatic ring is 1. The van der Waals surface area contributed by atoms with Crippen molar-refractivity contribution in [2.24, 2.45) is 5.84 Å². The summed E-state index contributed by atoms with van der Waals surface area (Å²) >= 11 is 0. The molecule has 0 fully saturated rings. The number of carbonyl (C=O) groups is 1. The monoisotopic (exact) mass is 260 g/mol. The van der Waals surface area contributed by atoms with E-state index >= 15 is 0 Å². The molecule has 0 aliphatic heterocycles. The number of hydrogen-bond donors (Lipinski definition) is 4. The fraction of sp³-hybridized carbons (Fsp3) is 0.250. The van der Waals surface area contributed by atoms with Crippen LogP contribution in [-0.4, -0.2) is 27.6 Å². The zero-order chi connectivity index (χ0) is 13.5. The number of anilines is 1. The Balaban J connectivity index is 1.81. The first-order valence-corrected chi connectivity index (χ1v) is 5.99. The van der Waals surface area contributed by atoms with E-state index < -0.39 is 0 Å². The van der Waals surface area contributed by atoms with E-state index in [2.05, 4.69) is 25.9 Å². The number of nitrogens with one attached hydrogen (secondary N) is 3. The third-order valence-electron chi connectivity index (χ3n) is 2.67. The van der Waals surface area contributed by atoms with Crippen LogP contribution in [0.15, 0.2) is 30.6 Å².